The van der Waals surface area contributed by atoms with Crippen molar-refractivity contribution in [1.29, 1.82) is 0 Å². The molecule has 2 aliphatic rings. The summed E-state index contributed by atoms with van der Waals surface area (Å²) in [5.41, 5.74) is 0.183. The molecule has 0 aliphatic carbocycles. The van der Waals surface area contributed by atoms with Gasteiger partial charge in [0.1, 0.15) is 0 Å². The monoisotopic (exact) mass is 643 g/mol. The standard InChI is InChI=1S/C33H39Cl2N3O4S/c34-29-13-12-27(22-30(29)35)32(14-7-18-38(24-32)31(39)26-8-3-1-4-9-26)23-36-17-21-37-19-15-33(40,16-20-37)25-43(41,42)28-10-5-2-6-11-28/h1-6,8-13,22,36,40H,7,14-21,23-25H2. The van der Waals surface area contributed by atoms with E-state index >= 15 is 0 Å². The van der Waals surface area contributed by atoms with Crippen LogP contribution in [0.2, 0.25) is 10.0 Å². The van der Waals surface area contributed by atoms with Crippen LogP contribution in [0.15, 0.2) is 83.8 Å². The molecule has 0 aromatic heterocycles. The zero-order valence-electron chi connectivity index (χ0n) is 24.2. The Morgan fingerprint density at radius 3 is 2.23 bits per heavy atom. The summed E-state index contributed by atoms with van der Waals surface area (Å²) in [6.45, 7) is 4.67. The maximum Gasteiger partial charge on any atom is 0.253 e. The number of hydrogen-bond donors (Lipinski definition) is 2. The Balaban J connectivity index is 1.19. The lowest BCUT2D eigenvalue weighted by Gasteiger charge is -2.44. The van der Waals surface area contributed by atoms with Crippen molar-refractivity contribution >= 4 is 38.9 Å². The molecule has 230 valence electrons. The van der Waals surface area contributed by atoms with Crippen LogP contribution in [0.1, 0.15) is 41.6 Å². The molecule has 1 atom stereocenters. The second-order valence-electron chi connectivity index (χ2n) is 11.9. The number of likely N-dealkylation sites (tertiary alicyclic amines) is 2. The van der Waals surface area contributed by atoms with Gasteiger partial charge in [-0.1, -0.05) is 65.7 Å². The second-order valence-corrected chi connectivity index (χ2v) is 14.7. The number of rotatable bonds is 10. The fraction of sp³-hybridized carbons (Fsp3) is 0.424. The van der Waals surface area contributed by atoms with Crippen molar-refractivity contribution in [2.24, 2.45) is 0 Å². The van der Waals surface area contributed by atoms with Crippen molar-refractivity contribution in [3.8, 4) is 0 Å². The fourth-order valence-corrected chi connectivity index (χ4v) is 8.38. The number of carbonyl (C=O) groups is 1. The number of nitrogens with zero attached hydrogens (tertiary/aromatic N) is 2. The molecule has 3 aromatic carbocycles. The summed E-state index contributed by atoms with van der Waals surface area (Å²) >= 11 is 12.7. The van der Waals surface area contributed by atoms with E-state index < -0.39 is 15.4 Å². The normalized spacial score (nSPS) is 21.0. The largest absolute Gasteiger partial charge is 0.389 e. The quantitative estimate of drug-likeness (QED) is 0.300. The topological polar surface area (TPSA) is 89.9 Å². The van der Waals surface area contributed by atoms with Gasteiger partial charge >= 0.3 is 0 Å². The molecule has 3 aromatic rings. The van der Waals surface area contributed by atoms with Crippen LogP contribution in [0, 0.1) is 0 Å². The van der Waals surface area contributed by atoms with E-state index in [9.17, 15) is 18.3 Å². The lowest BCUT2D eigenvalue weighted by atomic mass is 9.73. The third-order valence-electron chi connectivity index (χ3n) is 8.83. The van der Waals surface area contributed by atoms with Crippen LogP contribution in [-0.4, -0.2) is 86.4 Å². The van der Waals surface area contributed by atoms with E-state index in [2.05, 4.69) is 10.2 Å². The molecule has 0 saturated carbocycles. The molecule has 2 N–H and O–H groups in total. The molecule has 43 heavy (non-hydrogen) atoms. The molecule has 2 heterocycles. The van der Waals surface area contributed by atoms with Crippen LogP contribution in [0.5, 0.6) is 0 Å². The number of sulfone groups is 1. The highest BCUT2D eigenvalue weighted by atomic mass is 35.5. The van der Waals surface area contributed by atoms with Crippen molar-refractivity contribution in [2.75, 3.05) is 51.6 Å². The Bertz CT molecular complexity index is 1500. The lowest BCUT2D eigenvalue weighted by molar-refractivity contribution is -0.00222. The first-order valence-electron chi connectivity index (χ1n) is 14.8. The number of amides is 1. The second kappa shape index (κ2) is 13.7. The number of halogens is 2. The van der Waals surface area contributed by atoms with Gasteiger partial charge in [0.15, 0.2) is 9.84 Å². The predicted octanol–water partition coefficient (Wildman–Crippen LogP) is 5.06. The van der Waals surface area contributed by atoms with Crippen LogP contribution in [0.3, 0.4) is 0 Å². The van der Waals surface area contributed by atoms with Gasteiger partial charge in [-0.2, -0.15) is 0 Å². The van der Waals surface area contributed by atoms with Crippen molar-refractivity contribution in [3.63, 3.8) is 0 Å². The van der Waals surface area contributed by atoms with Crippen molar-refractivity contribution < 1.29 is 18.3 Å². The first kappa shape index (κ1) is 31.9. The molecule has 2 saturated heterocycles. The molecule has 0 spiro atoms. The minimum Gasteiger partial charge on any atom is -0.389 e. The summed E-state index contributed by atoms with van der Waals surface area (Å²) in [6.07, 6.45) is 2.59. The smallest absolute Gasteiger partial charge is 0.253 e. The van der Waals surface area contributed by atoms with E-state index in [-0.39, 0.29) is 22.0 Å². The molecular formula is C33H39Cl2N3O4S. The molecule has 1 unspecified atom stereocenters. The van der Waals surface area contributed by atoms with E-state index in [1.165, 1.54) is 0 Å². The number of nitrogens with one attached hydrogen (secondary N) is 1. The fourth-order valence-electron chi connectivity index (χ4n) is 6.34. The van der Waals surface area contributed by atoms with Crippen LogP contribution < -0.4 is 5.32 Å². The molecule has 0 radical (unpaired) electrons. The molecule has 2 fully saturated rings. The van der Waals surface area contributed by atoms with E-state index in [0.29, 0.717) is 61.2 Å². The summed E-state index contributed by atoms with van der Waals surface area (Å²) in [7, 11) is -3.56. The Kier molecular flexibility index (Phi) is 10.2. The van der Waals surface area contributed by atoms with Crippen molar-refractivity contribution in [1.82, 2.24) is 15.1 Å². The molecule has 1 amide bonds. The summed E-state index contributed by atoms with van der Waals surface area (Å²) in [6, 6.07) is 23.5. The van der Waals surface area contributed by atoms with E-state index in [1.54, 1.807) is 30.3 Å². The van der Waals surface area contributed by atoms with Gasteiger partial charge < -0.3 is 20.2 Å². The van der Waals surface area contributed by atoms with Gasteiger partial charge in [0, 0.05) is 56.8 Å². The molecule has 2 aliphatic heterocycles. The Morgan fingerprint density at radius 2 is 1.56 bits per heavy atom. The minimum atomic E-state index is -3.56. The highest BCUT2D eigenvalue weighted by Crippen LogP contribution is 2.37. The molecule has 5 rings (SSSR count). The average Bonchev–Trinajstić information content (AvgIpc) is 3.02. The summed E-state index contributed by atoms with van der Waals surface area (Å²) in [5.74, 6) is -0.236. The SMILES string of the molecule is O=C(c1ccccc1)N1CCCC(CNCCN2CCC(O)(CS(=O)(=O)c3ccccc3)CC2)(c2ccc(Cl)c(Cl)c2)C1. The van der Waals surface area contributed by atoms with Crippen LogP contribution in [0.4, 0.5) is 0 Å². The zero-order chi connectivity index (χ0) is 30.5. The summed E-state index contributed by atoms with van der Waals surface area (Å²) in [4.78, 5) is 17.8. The van der Waals surface area contributed by atoms with Crippen molar-refractivity contribution in [2.45, 2.75) is 41.6 Å². The Labute approximate surface area is 264 Å². The number of piperidine rings is 2. The van der Waals surface area contributed by atoms with Gasteiger partial charge in [-0.3, -0.25) is 4.79 Å². The third-order valence-corrected chi connectivity index (χ3v) is 11.5. The van der Waals surface area contributed by atoms with Gasteiger partial charge in [0.2, 0.25) is 0 Å². The average molecular weight is 645 g/mol. The van der Waals surface area contributed by atoms with E-state index in [0.717, 1.165) is 31.5 Å². The maximum absolute atomic E-state index is 13.4. The van der Waals surface area contributed by atoms with Gasteiger partial charge in [0.25, 0.3) is 5.91 Å². The zero-order valence-corrected chi connectivity index (χ0v) is 26.5. The predicted molar refractivity (Wildman–Crippen MR) is 172 cm³/mol. The first-order valence-corrected chi connectivity index (χ1v) is 17.2. The lowest BCUT2D eigenvalue weighted by Crippen LogP contribution is -2.54. The Hall–Kier alpha value is -2.46. The van der Waals surface area contributed by atoms with Crippen LogP contribution in [-0.2, 0) is 15.3 Å². The molecule has 0 bridgehead atoms. The van der Waals surface area contributed by atoms with Crippen LogP contribution >= 0.6 is 23.2 Å². The van der Waals surface area contributed by atoms with E-state index in [1.807, 2.05) is 53.4 Å². The Morgan fingerprint density at radius 1 is 0.884 bits per heavy atom. The number of carbonyl (C=O) groups excluding carboxylic acids is 1. The number of aliphatic hydroxyl groups is 1. The minimum absolute atomic E-state index is 0.0276. The van der Waals surface area contributed by atoms with E-state index in [4.69, 9.17) is 23.2 Å². The summed E-state index contributed by atoms with van der Waals surface area (Å²) < 4.78 is 25.7. The highest BCUT2D eigenvalue weighted by molar-refractivity contribution is 7.91. The first-order chi connectivity index (χ1) is 20.6. The number of benzene rings is 3. The maximum atomic E-state index is 13.4. The number of hydrogen-bond acceptors (Lipinski definition) is 6. The summed E-state index contributed by atoms with van der Waals surface area (Å²) in [5, 5.41) is 15.8. The van der Waals surface area contributed by atoms with Gasteiger partial charge in [-0.05, 0) is 67.6 Å². The van der Waals surface area contributed by atoms with Crippen LogP contribution in [0.25, 0.3) is 0 Å². The molecular weight excluding hydrogens is 605 g/mol. The highest BCUT2D eigenvalue weighted by Gasteiger charge is 2.40. The van der Waals surface area contributed by atoms with Gasteiger partial charge in [-0.15, -0.1) is 0 Å². The van der Waals surface area contributed by atoms with Gasteiger partial charge in [0.05, 0.1) is 26.3 Å². The molecule has 10 heteroatoms. The van der Waals surface area contributed by atoms with Gasteiger partial charge in [-0.25, -0.2) is 8.42 Å². The third kappa shape index (κ3) is 7.80. The van der Waals surface area contributed by atoms with Crippen molar-refractivity contribution in [3.05, 3.63) is 100 Å². The molecule has 7 nitrogen and oxygen atoms in total.